The predicted octanol–water partition coefficient (Wildman–Crippen LogP) is 1.55. The minimum atomic E-state index is -3.17. The van der Waals surface area contributed by atoms with Crippen molar-refractivity contribution in [2.45, 2.75) is 38.6 Å². The highest BCUT2D eigenvalue weighted by atomic mass is 32.2. The molecule has 1 aromatic rings. The van der Waals surface area contributed by atoms with Gasteiger partial charge in [-0.1, -0.05) is 37.3 Å². The molecule has 0 unspecified atom stereocenters. The van der Waals surface area contributed by atoms with E-state index in [1.54, 1.807) is 0 Å². The number of hydrogen-bond donors (Lipinski definition) is 1. The largest absolute Gasteiger partial charge is 0.342 e. The Hall–Kier alpha value is -1.40. The normalized spacial score (nSPS) is 16.7. The van der Waals surface area contributed by atoms with E-state index in [2.05, 4.69) is 4.72 Å². The molecule has 2 rings (SSSR count). The minimum Gasteiger partial charge on any atom is -0.342 e. The molecular weight excluding hydrogens is 300 g/mol. The topological polar surface area (TPSA) is 66.5 Å². The molecule has 1 fully saturated rings. The second-order valence-electron chi connectivity index (χ2n) is 5.75. The van der Waals surface area contributed by atoms with Gasteiger partial charge >= 0.3 is 0 Å². The molecule has 6 heteroatoms. The van der Waals surface area contributed by atoms with Crippen LogP contribution < -0.4 is 4.72 Å². The van der Waals surface area contributed by atoms with Crippen molar-refractivity contribution < 1.29 is 13.2 Å². The van der Waals surface area contributed by atoms with Gasteiger partial charge in [0.2, 0.25) is 15.9 Å². The van der Waals surface area contributed by atoms with Crippen molar-refractivity contribution in [3.8, 4) is 0 Å². The van der Waals surface area contributed by atoms with Gasteiger partial charge in [0, 0.05) is 19.1 Å². The molecule has 0 saturated carbocycles. The fourth-order valence-corrected chi connectivity index (χ4v) is 4.11. The molecule has 5 nitrogen and oxygen atoms in total. The number of hydrogen-bond acceptors (Lipinski definition) is 3. The highest BCUT2D eigenvalue weighted by Gasteiger charge is 2.25. The van der Waals surface area contributed by atoms with Crippen LogP contribution in [0.3, 0.4) is 0 Å². The molecular formula is C16H24N2O3S. The molecule has 1 aliphatic heterocycles. The lowest BCUT2D eigenvalue weighted by Crippen LogP contribution is -2.47. The highest BCUT2D eigenvalue weighted by Crippen LogP contribution is 2.13. The maximum atomic E-state index is 12.2. The Kier molecular flexibility index (Phi) is 5.97. The molecule has 1 saturated heterocycles. The van der Waals surface area contributed by atoms with Crippen LogP contribution in [0.5, 0.6) is 0 Å². The van der Waals surface area contributed by atoms with E-state index in [0.717, 1.165) is 5.56 Å². The first-order valence-electron chi connectivity index (χ1n) is 7.82. The summed E-state index contributed by atoms with van der Waals surface area (Å²) in [6.07, 6.45) is 2.39. The quantitative estimate of drug-likeness (QED) is 0.863. The first-order chi connectivity index (χ1) is 10.5. The average Bonchev–Trinajstić information content (AvgIpc) is 2.48. The summed E-state index contributed by atoms with van der Waals surface area (Å²) in [5.41, 5.74) is 1.01. The summed E-state index contributed by atoms with van der Waals surface area (Å²) in [6.45, 7) is 3.08. The number of sulfonamides is 1. The Morgan fingerprint density at radius 3 is 2.45 bits per heavy atom. The van der Waals surface area contributed by atoms with E-state index in [1.165, 1.54) is 0 Å². The first-order valence-corrected chi connectivity index (χ1v) is 9.47. The zero-order chi connectivity index (χ0) is 16.0. The predicted molar refractivity (Wildman–Crippen MR) is 87.0 cm³/mol. The summed E-state index contributed by atoms with van der Waals surface area (Å²) in [6, 6.07) is 9.64. The number of rotatable bonds is 6. The van der Waals surface area contributed by atoms with Crippen LogP contribution in [0.1, 0.15) is 31.7 Å². The summed E-state index contributed by atoms with van der Waals surface area (Å²) < 4.78 is 26.3. The van der Waals surface area contributed by atoms with Gasteiger partial charge in [0.25, 0.3) is 0 Å². The van der Waals surface area contributed by atoms with E-state index in [4.69, 9.17) is 0 Å². The summed E-state index contributed by atoms with van der Waals surface area (Å²) in [5, 5.41) is 0. The van der Waals surface area contributed by atoms with E-state index in [1.807, 2.05) is 42.2 Å². The Morgan fingerprint density at radius 1 is 1.23 bits per heavy atom. The number of piperidine rings is 1. The third kappa shape index (κ3) is 5.10. The second-order valence-corrected chi connectivity index (χ2v) is 7.63. The van der Waals surface area contributed by atoms with Gasteiger partial charge in [-0.15, -0.1) is 0 Å². The summed E-state index contributed by atoms with van der Waals surface area (Å²) >= 11 is 0. The maximum absolute atomic E-state index is 12.2. The smallest absolute Gasteiger partial charge is 0.226 e. The minimum absolute atomic E-state index is 0.0441. The lowest BCUT2D eigenvalue weighted by molar-refractivity contribution is -0.131. The third-order valence-electron chi connectivity index (χ3n) is 3.86. The number of nitrogens with zero attached hydrogens (tertiary/aromatic N) is 1. The number of amides is 1. The molecule has 0 spiro atoms. The fraction of sp³-hybridized carbons (Fsp3) is 0.562. The Bertz CT molecular complexity index is 579. The van der Waals surface area contributed by atoms with Crippen molar-refractivity contribution in [1.29, 1.82) is 0 Å². The fourth-order valence-electron chi connectivity index (χ4n) is 2.71. The molecule has 0 aromatic heterocycles. The van der Waals surface area contributed by atoms with Gasteiger partial charge in [-0.05, 0) is 24.8 Å². The molecule has 1 N–H and O–H groups in total. The van der Waals surface area contributed by atoms with Crippen LogP contribution in [0.15, 0.2) is 30.3 Å². The number of carbonyl (C=O) groups excluding carboxylic acids is 1. The van der Waals surface area contributed by atoms with Gasteiger partial charge in [-0.25, -0.2) is 13.1 Å². The molecule has 0 bridgehead atoms. The van der Waals surface area contributed by atoms with Crippen LogP contribution in [0.4, 0.5) is 0 Å². The Morgan fingerprint density at radius 2 is 1.86 bits per heavy atom. The molecule has 1 amide bonds. The van der Waals surface area contributed by atoms with Crippen LogP contribution in [-0.4, -0.2) is 44.1 Å². The number of benzene rings is 1. The van der Waals surface area contributed by atoms with Crippen molar-refractivity contribution in [3.63, 3.8) is 0 Å². The van der Waals surface area contributed by atoms with E-state index in [-0.39, 0.29) is 17.7 Å². The van der Waals surface area contributed by atoms with Crippen LogP contribution in [0.25, 0.3) is 0 Å². The average molecular weight is 324 g/mol. The lowest BCUT2D eigenvalue weighted by atomic mass is 10.0. The van der Waals surface area contributed by atoms with Gasteiger partial charge in [0.1, 0.15) is 0 Å². The van der Waals surface area contributed by atoms with Crippen LogP contribution in [-0.2, 0) is 21.2 Å². The monoisotopic (exact) mass is 324 g/mol. The van der Waals surface area contributed by atoms with Crippen LogP contribution in [0.2, 0.25) is 0 Å². The van der Waals surface area contributed by atoms with Crippen molar-refractivity contribution in [1.82, 2.24) is 9.62 Å². The van der Waals surface area contributed by atoms with Crippen LogP contribution >= 0.6 is 0 Å². The van der Waals surface area contributed by atoms with E-state index < -0.39 is 10.0 Å². The molecule has 1 heterocycles. The molecule has 0 aliphatic carbocycles. The lowest BCUT2D eigenvalue weighted by Gasteiger charge is -2.32. The molecule has 22 heavy (non-hydrogen) atoms. The standard InChI is InChI=1S/C16H24N2O3S/c1-2-12-22(20,21)17-15-8-10-18(11-9-15)16(19)13-14-6-4-3-5-7-14/h3-7,15,17H,2,8-13H2,1H3. The van der Waals surface area contributed by atoms with Crippen molar-refractivity contribution >= 4 is 15.9 Å². The molecule has 1 aliphatic rings. The van der Waals surface area contributed by atoms with Crippen molar-refractivity contribution in [3.05, 3.63) is 35.9 Å². The number of carbonyl (C=O) groups is 1. The third-order valence-corrected chi connectivity index (χ3v) is 5.50. The Balaban J connectivity index is 1.80. The first kappa shape index (κ1) is 17.0. The summed E-state index contributed by atoms with van der Waals surface area (Å²) in [4.78, 5) is 14.1. The zero-order valence-electron chi connectivity index (χ0n) is 13.0. The van der Waals surface area contributed by atoms with Gasteiger partial charge in [-0.3, -0.25) is 4.79 Å². The van der Waals surface area contributed by atoms with Crippen molar-refractivity contribution in [2.24, 2.45) is 0 Å². The number of likely N-dealkylation sites (tertiary alicyclic amines) is 1. The van der Waals surface area contributed by atoms with E-state index in [0.29, 0.717) is 38.8 Å². The summed E-state index contributed by atoms with van der Waals surface area (Å²) in [5.74, 6) is 0.279. The van der Waals surface area contributed by atoms with Gasteiger partial charge in [-0.2, -0.15) is 0 Å². The molecule has 0 atom stereocenters. The zero-order valence-corrected chi connectivity index (χ0v) is 13.8. The van der Waals surface area contributed by atoms with Gasteiger partial charge in [0.05, 0.1) is 12.2 Å². The second kappa shape index (κ2) is 7.74. The van der Waals surface area contributed by atoms with Crippen molar-refractivity contribution in [2.75, 3.05) is 18.8 Å². The SMILES string of the molecule is CCCS(=O)(=O)NC1CCN(C(=O)Cc2ccccc2)CC1. The maximum Gasteiger partial charge on any atom is 0.226 e. The Labute approximate surface area is 132 Å². The molecule has 1 aromatic carbocycles. The molecule has 122 valence electrons. The highest BCUT2D eigenvalue weighted by molar-refractivity contribution is 7.89. The number of nitrogens with one attached hydrogen (secondary N) is 1. The van der Waals surface area contributed by atoms with E-state index >= 15 is 0 Å². The van der Waals surface area contributed by atoms with Gasteiger partial charge in [0.15, 0.2) is 0 Å². The van der Waals surface area contributed by atoms with Gasteiger partial charge < -0.3 is 4.90 Å². The van der Waals surface area contributed by atoms with Crippen LogP contribution in [0, 0.1) is 0 Å². The summed E-state index contributed by atoms with van der Waals surface area (Å²) in [7, 11) is -3.17. The molecule has 0 radical (unpaired) electrons. The van der Waals surface area contributed by atoms with E-state index in [9.17, 15) is 13.2 Å².